The molecule has 0 aromatic heterocycles. The van der Waals surface area contributed by atoms with Crippen LogP contribution < -0.4 is 5.32 Å². The summed E-state index contributed by atoms with van der Waals surface area (Å²) in [6.45, 7) is 8.34. The average molecular weight is 221 g/mol. The SMILES string of the molecule is Cc1cc(C(=O)O)ccc1NC(C)C(C)C. The van der Waals surface area contributed by atoms with Gasteiger partial charge in [0.1, 0.15) is 0 Å². The maximum atomic E-state index is 10.8. The molecular formula is C13H19NO2. The van der Waals surface area contributed by atoms with Crippen molar-refractivity contribution in [3.8, 4) is 0 Å². The first-order chi connectivity index (χ1) is 7.41. The molecule has 3 heteroatoms. The molecule has 16 heavy (non-hydrogen) atoms. The normalized spacial score (nSPS) is 12.6. The van der Waals surface area contributed by atoms with Crippen LogP contribution in [0.5, 0.6) is 0 Å². The van der Waals surface area contributed by atoms with Crippen molar-refractivity contribution in [1.29, 1.82) is 0 Å². The molecule has 0 heterocycles. The van der Waals surface area contributed by atoms with Crippen molar-refractivity contribution in [2.45, 2.75) is 33.7 Å². The maximum Gasteiger partial charge on any atom is 0.335 e. The molecule has 0 saturated carbocycles. The number of carboxylic acid groups (broad SMARTS) is 1. The van der Waals surface area contributed by atoms with Crippen LogP contribution in [0.4, 0.5) is 5.69 Å². The first kappa shape index (κ1) is 12.6. The molecule has 1 unspecified atom stereocenters. The Hall–Kier alpha value is -1.51. The number of carbonyl (C=O) groups is 1. The molecule has 0 bridgehead atoms. The van der Waals surface area contributed by atoms with E-state index < -0.39 is 5.97 Å². The van der Waals surface area contributed by atoms with E-state index in [1.54, 1.807) is 12.1 Å². The van der Waals surface area contributed by atoms with Gasteiger partial charge in [0, 0.05) is 11.7 Å². The molecule has 3 nitrogen and oxygen atoms in total. The van der Waals surface area contributed by atoms with Crippen molar-refractivity contribution in [3.63, 3.8) is 0 Å². The Morgan fingerprint density at radius 1 is 1.31 bits per heavy atom. The number of anilines is 1. The summed E-state index contributed by atoms with van der Waals surface area (Å²) in [5.74, 6) is -0.342. The molecule has 1 atom stereocenters. The maximum absolute atomic E-state index is 10.8. The Balaban J connectivity index is 2.87. The van der Waals surface area contributed by atoms with Crippen LogP contribution >= 0.6 is 0 Å². The number of rotatable bonds is 4. The zero-order chi connectivity index (χ0) is 12.3. The fourth-order valence-electron chi connectivity index (χ4n) is 1.37. The molecule has 1 rings (SSSR count). The molecule has 1 aromatic rings. The van der Waals surface area contributed by atoms with Crippen LogP contribution in [0.3, 0.4) is 0 Å². The van der Waals surface area contributed by atoms with E-state index in [1.165, 1.54) is 0 Å². The highest BCUT2D eigenvalue weighted by Gasteiger charge is 2.10. The summed E-state index contributed by atoms with van der Waals surface area (Å²) in [6.07, 6.45) is 0. The molecular weight excluding hydrogens is 202 g/mol. The lowest BCUT2D eigenvalue weighted by molar-refractivity contribution is 0.0697. The van der Waals surface area contributed by atoms with E-state index in [1.807, 2.05) is 13.0 Å². The second-order valence-corrected chi connectivity index (χ2v) is 4.51. The summed E-state index contributed by atoms with van der Waals surface area (Å²) >= 11 is 0. The minimum Gasteiger partial charge on any atom is -0.478 e. The lowest BCUT2D eigenvalue weighted by atomic mass is 10.0. The Kier molecular flexibility index (Phi) is 3.93. The topological polar surface area (TPSA) is 49.3 Å². The van der Waals surface area contributed by atoms with Gasteiger partial charge in [0.2, 0.25) is 0 Å². The van der Waals surface area contributed by atoms with Gasteiger partial charge < -0.3 is 10.4 Å². The second kappa shape index (κ2) is 5.01. The Morgan fingerprint density at radius 2 is 1.94 bits per heavy atom. The molecule has 0 radical (unpaired) electrons. The molecule has 0 amide bonds. The fraction of sp³-hybridized carbons (Fsp3) is 0.462. The highest BCUT2D eigenvalue weighted by Crippen LogP contribution is 2.19. The van der Waals surface area contributed by atoms with Crippen LogP contribution in [0.1, 0.15) is 36.7 Å². The average Bonchev–Trinajstić information content (AvgIpc) is 2.20. The minimum absolute atomic E-state index is 0.334. The second-order valence-electron chi connectivity index (χ2n) is 4.51. The fourth-order valence-corrected chi connectivity index (χ4v) is 1.37. The van der Waals surface area contributed by atoms with E-state index in [0.717, 1.165) is 11.3 Å². The Morgan fingerprint density at radius 3 is 2.38 bits per heavy atom. The molecule has 0 aliphatic heterocycles. The van der Waals surface area contributed by atoms with Crippen molar-refractivity contribution in [1.82, 2.24) is 0 Å². The summed E-state index contributed by atoms with van der Waals surface area (Å²) < 4.78 is 0. The number of benzene rings is 1. The standard InChI is InChI=1S/C13H19NO2/c1-8(2)10(4)14-12-6-5-11(13(15)16)7-9(12)3/h5-8,10,14H,1-4H3,(H,15,16). The minimum atomic E-state index is -0.883. The van der Waals surface area contributed by atoms with E-state index in [-0.39, 0.29) is 0 Å². The van der Waals surface area contributed by atoms with Crippen LogP contribution in [-0.2, 0) is 0 Å². The largest absolute Gasteiger partial charge is 0.478 e. The zero-order valence-electron chi connectivity index (χ0n) is 10.2. The van der Waals surface area contributed by atoms with Crippen LogP contribution in [0.25, 0.3) is 0 Å². The van der Waals surface area contributed by atoms with Gasteiger partial charge >= 0.3 is 5.97 Å². The van der Waals surface area contributed by atoms with Crippen LogP contribution in [0.2, 0.25) is 0 Å². The lowest BCUT2D eigenvalue weighted by Crippen LogP contribution is -2.22. The zero-order valence-corrected chi connectivity index (χ0v) is 10.2. The molecule has 0 spiro atoms. The van der Waals surface area contributed by atoms with Gasteiger partial charge in [-0.1, -0.05) is 13.8 Å². The van der Waals surface area contributed by atoms with Crippen molar-refractivity contribution >= 4 is 11.7 Å². The van der Waals surface area contributed by atoms with E-state index in [9.17, 15) is 4.79 Å². The van der Waals surface area contributed by atoms with E-state index in [0.29, 0.717) is 17.5 Å². The first-order valence-electron chi connectivity index (χ1n) is 5.52. The van der Waals surface area contributed by atoms with Crippen molar-refractivity contribution in [2.75, 3.05) is 5.32 Å². The number of aryl methyl sites for hydroxylation is 1. The number of hydrogen-bond acceptors (Lipinski definition) is 2. The number of nitrogens with one attached hydrogen (secondary N) is 1. The van der Waals surface area contributed by atoms with E-state index >= 15 is 0 Å². The van der Waals surface area contributed by atoms with Gasteiger partial charge in [-0.15, -0.1) is 0 Å². The smallest absolute Gasteiger partial charge is 0.335 e. The van der Waals surface area contributed by atoms with Crippen LogP contribution in [0.15, 0.2) is 18.2 Å². The van der Waals surface area contributed by atoms with E-state index in [4.69, 9.17) is 5.11 Å². The number of carboxylic acids is 1. The van der Waals surface area contributed by atoms with Gasteiger partial charge in [-0.25, -0.2) is 4.79 Å². The Bertz CT molecular complexity index is 386. The van der Waals surface area contributed by atoms with Gasteiger partial charge in [-0.2, -0.15) is 0 Å². The molecule has 2 N–H and O–H groups in total. The lowest BCUT2D eigenvalue weighted by Gasteiger charge is -2.20. The van der Waals surface area contributed by atoms with Crippen molar-refractivity contribution in [3.05, 3.63) is 29.3 Å². The molecule has 1 aromatic carbocycles. The predicted octanol–water partition coefficient (Wildman–Crippen LogP) is 3.15. The van der Waals surface area contributed by atoms with Gasteiger partial charge in [0.05, 0.1) is 5.56 Å². The van der Waals surface area contributed by atoms with Gasteiger partial charge in [0.15, 0.2) is 0 Å². The molecule has 0 aliphatic carbocycles. The van der Waals surface area contributed by atoms with Crippen LogP contribution in [0, 0.1) is 12.8 Å². The quantitative estimate of drug-likeness (QED) is 0.821. The molecule has 0 saturated heterocycles. The Labute approximate surface area is 96.5 Å². The number of aromatic carboxylic acids is 1. The van der Waals surface area contributed by atoms with E-state index in [2.05, 4.69) is 26.1 Å². The summed E-state index contributed by atoms with van der Waals surface area (Å²) in [6, 6.07) is 5.52. The van der Waals surface area contributed by atoms with Gasteiger partial charge in [0.25, 0.3) is 0 Å². The highest BCUT2D eigenvalue weighted by atomic mass is 16.4. The third-order valence-corrected chi connectivity index (χ3v) is 2.86. The van der Waals surface area contributed by atoms with Crippen molar-refractivity contribution < 1.29 is 9.90 Å². The van der Waals surface area contributed by atoms with Crippen molar-refractivity contribution in [2.24, 2.45) is 5.92 Å². The molecule has 0 fully saturated rings. The van der Waals surface area contributed by atoms with Crippen LogP contribution in [-0.4, -0.2) is 17.1 Å². The highest BCUT2D eigenvalue weighted by molar-refractivity contribution is 5.88. The summed E-state index contributed by atoms with van der Waals surface area (Å²) in [5.41, 5.74) is 2.30. The van der Waals surface area contributed by atoms with Gasteiger partial charge in [-0.05, 0) is 43.5 Å². The first-order valence-corrected chi connectivity index (χ1v) is 5.52. The third-order valence-electron chi connectivity index (χ3n) is 2.86. The molecule has 0 aliphatic rings. The summed E-state index contributed by atoms with van der Waals surface area (Å²) in [5, 5.41) is 12.2. The molecule has 88 valence electrons. The predicted molar refractivity (Wildman–Crippen MR) is 66.1 cm³/mol. The summed E-state index contributed by atoms with van der Waals surface area (Å²) in [4.78, 5) is 10.8. The number of hydrogen-bond donors (Lipinski definition) is 2. The monoisotopic (exact) mass is 221 g/mol. The summed E-state index contributed by atoms with van der Waals surface area (Å²) in [7, 11) is 0. The van der Waals surface area contributed by atoms with Gasteiger partial charge in [-0.3, -0.25) is 0 Å². The third kappa shape index (κ3) is 2.99.